The molecule has 0 amide bonds. The molecule has 0 bridgehead atoms. The molecule has 1 rings (SSSR count). The predicted octanol–water partition coefficient (Wildman–Crippen LogP) is 2.13. The number of benzene rings is 1. The van der Waals surface area contributed by atoms with Crippen molar-refractivity contribution in [2.45, 2.75) is 26.3 Å². The Bertz CT molecular complexity index is 357. The lowest BCUT2D eigenvalue weighted by Gasteiger charge is -2.12. The van der Waals surface area contributed by atoms with E-state index in [4.69, 9.17) is 10.00 Å². The molecule has 0 aliphatic rings. The maximum atomic E-state index is 8.84. The quantitative estimate of drug-likeness (QED) is 0.795. The second kappa shape index (κ2) is 6.86. The molecule has 3 heteroatoms. The van der Waals surface area contributed by atoms with E-state index in [-0.39, 0.29) is 6.04 Å². The van der Waals surface area contributed by atoms with Crippen LogP contribution in [-0.4, -0.2) is 19.2 Å². The van der Waals surface area contributed by atoms with E-state index in [2.05, 4.69) is 24.4 Å². The number of aryl methyl sites for hydroxylation is 1. The molecule has 0 saturated heterocycles. The minimum Gasteiger partial charge on any atom is -0.491 e. The molecule has 0 aliphatic heterocycles. The lowest BCUT2D eigenvalue weighted by Crippen LogP contribution is -2.32. The fraction of sp³-hybridized carbons (Fsp3) is 0.462. The SMILES string of the molecule is CCNC(C#N)COc1cccc(CC)c1. The highest BCUT2D eigenvalue weighted by Gasteiger charge is 2.05. The summed E-state index contributed by atoms with van der Waals surface area (Å²) in [7, 11) is 0. The molecule has 1 N–H and O–H groups in total. The normalized spacial score (nSPS) is 11.8. The van der Waals surface area contributed by atoms with Crippen molar-refractivity contribution < 1.29 is 4.74 Å². The van der Waals surface area contributed by atoms with Gasteiger partial charge in [0, 0.05) is 0 Å². The number of ether oxygens (including phenoxy) is 1. The van der Waals surface area contributed by atoms with Crippen LogP contribution in [0.5, 0.6) is 5.75 Å². The van der Waals surface area contributed by atoms with Gasteiger partial charge in [-0.3, -0.25) is 5.32 Å². The first kappa shape index (κ1) is 12.5. The van der Waals surface area contributed by atoms with Crippen molar-refractivity contribution in [3.8, 4) is 11.8 Å². The summed E-state index contributed by atoms with van der Waals surface area (Å²) >= 11 is 0. The molecule has 0 saturated carbocycles. The molecule has 1 aromatic rings. The van der Waals surface area contributed by atoms with Crippen LogP contribution in [0.2, 0.25) is 0 Å². The molecule has 3 nitrogen and oxygen atoms in total. The average Bonchev–Trinajstić information content (AvgIpc) is 2.34. The van der Waals surface area contributed by atoms with Crippen molar-refractivity contribution in [2.75, 3.05) is 13.2 Å². The van der Waals surface area contributed by atoms with Crippen LogP contribution < -0.4 is 10.1 Å². The van der Waals surface area contributed by atoms with Gasteiger partial charge in [-0.25, -0.2) is 0 Å². The third kappa shape index (κ3) is 3.92. The molecular formula is C13H18N2O. The first-order valence-electron chi connectivity index (χ1n) is 5.64. The van der Waals surface area contributed by atoms with Gasteiger partial charge in [-0.05, 0) is 30.7 Å². The Kier molecular flexibility index (Phi) is 5.38. The van der Waals surface area contributed by atoms with Crippen molar-refractivity contribution in [1.29, 1.82) is 5.26 Å². The number of likely N-dealkylation sites (N-methyl/N-ethyl adjacent to an activating group) is 1. The van der Waals surface area contributed by atoms with Gasteiger partial charge in [0.1, 0.15) is 18.4 Å². The molecule has 0 aliphatic carbocycles. The maximum absolute atomic E-state index is 8.84. The fourth-order valence-corrected chi connectivity index (χ4v) is 1.42. The first-order valence-corrected chi connectivity index (χ1v) is 5.64. The van der Waals surface area contributed by atoms with Crippen molar-refractivity contribution in [2.24, 2.45) is 0 Å². The van der Waals surface area contributed by atoms with Gasteiger partial charge in [-0.15, -0.1) is 0 Å². The van der Waals surface area contributed by atoms with E-state index < -0.39 is 0 Å². The Balaban J connectivity index is 2.50. The zero-order valence-electron chi connectivity index (χ0n) is 9.86. The summed E-state index contributed by atoms with van der Waals surface area (Å²) in [6.07, 6.45) is 0.992. The van der Waals surface area contributed by atoms with E-state index in [9.17, 15) is 0 Å². The molecule has 1 atom stereocenters. The summed E-state index contributed by atoms with van der Waals surface area (Å²) in [4.78, 5) is 0. The Morgan fingerprint density at radius 3 is 2.88 bits per heavy atom. The summed E-state index contributed by atoms with van der Waals surface area (Å²) in [5.74, 6) is 0.831. The van der Waals surface area contributed by atoms with Gasteiger partial charge in [-0.1, -0.05) is 26.0 Å². The second-order valence-corrected chi connectivity index (χ2v) is 3.55. The highest BCUT2D eigenvalue weighted by molar-refractivity contribution is 5.28. The van der Waals surface area contributed by atoms with Crippen molar-refractivity contribution in [3.05, 3.63) is 29.8 Å². The van der Waals surface area contributed by atoms with Crippen molar-refractivity contribution >= 4 is 0 Å². The molecule has 0 radical (unpaired) electrons. The molecule has 0 spiro atoms. The van der Waals surface area contributed by atoms with E-state index in [0.29, 0.717) is 6.61 Å². The summed E-state index contributed by atoms with van der Waals surface area (Å²) in [5.41, 5.74) is 1.24. The van der Waals surface area contributed by atoms with Crippen molar-refractivity contribution in [3.63, 3.8) is 0 Å². The topological polar surface area (TPSA) is 45.0 Å². The zero-order valence-corrected chi connectivity index (χ0v) is 9.86. The summed E-state index contributed by atoms with van der Waals surface area (Å²) in [6.45, 7) is 5.24. The summed E-state index contributed by atoms with van der Waals surface area (Å²) < 4.78 is 5.57. The number of nitrogens with zero attached hydrogens (tertiary/aromatic N) is 1. The molecular weight excluding hydrogens is 200 g/mol. The van der Waals surface area contributed by atoms with Gasteiger partial charge in [0.25, 0.3) is 0 Å². The van der Waals surface area contributed by atoms with E-state index in [1.807, 2.05) is 25.1 Å². The summed E-state index contributed by atoms with van der Waals surface area (Å²) in [6, 6.07) is 9.90. The van der Waals surface area contributed by atoms with Crippen LogP contribution in [0.1, 0.15) is 19.4 Å². The number of hydrogen-bond donors (Lipinski definition) is 1. The van der Waals surface area contributed by atoms with Crippen LogP contribution in [0.25, 0.3) is 0 Å². The second-order valence-electron chi connectivity index (χ2n) is 3.55. The van der Waals surface area contributed by atoms with Gasteiger partial charge in [-0.2, -0.15) is 5.26 Å². The lowest BCUT2D eigenvalue weighted by atomic mass is 10.2. The predicted molar refractivity (Wildman–Crippen MR) is 64.4 cm³/mol. The van der Waals surface area contributed by atoms with E-state index in [0.717, 1.165) is 18.7 Å². The fourth-order valence-electron chi connectivity index (χ4n) is 1.42. The number of hydrogen-bond acceptors (Lipinski definition) is 3. The number of nitrogens with one attached hydrogen (secondary N) is 1. The van der Waals surface area contributed by atoms with Gasteiger partial charge in [0.2, 0.25) is 0 Å². The Labute approximate surface area is 97.0 Å². The van der Waals surface area contributed by atoms with E-state index >= 15 is 0 Å². The van der Waals surface area contributed by atoms with Gasteiger partial charge in [0.15, 0.2) is 0 Å². The zero-order chi connectivity index (χ0) is 11.8. The van der Waals surface area contributed by atoms with Crippen LogP contribution in [-0.2, 0) is 6.42 Å². The molecule has 1 aromatic carbocycles. The van der Waals surface area contributed by atoms with Crippen LogP contribution in [0.3, 0.4) is 0 Å². The Morgan fingerprint density at radius 2 is 2.25 bits per heavy atom. The van der Waals surface area contributed by atoms with Gasteiger partial charge >= 0.3 is 0 Å². The minimum absolute atomic E-state index is 0.240. The monoisotopic (exact) mass is 218 g/mol. The van der Waals surface area contributed by atoms with E-state index in [1.165, 1.54) is 5.56 Å². The number of rotatable bonds is 6. The standard InChI is InChI=1S/C13H18N2O/c1-3-11-6-5-7-13(8-11)16-10-12(9-14)15-4-2/h5-8,12,15H,3-4,10H2,1-2H3. The molecule has 0 fully saturated rings. The third-order valence-corrected chi connectivity index (χ3v) is 2.33. The third-order valence-electron chi connectivity index (χ3n) is 2.33. The minimum atomic E-state index is -0.240. The molecule has 86 valence electrons. The van der Waals surface area contributed by atoms with Crippen molar-refractivity contribution in [1.82, 2.24) is 5.32 Å². The molecule has 0 aromatic heterocycles. The lowest BCUT2D eigenvalue weighted by molar-refractivity contribution is 0.290. The highest BCUT2D eigenvalue weighted by atomic mass is 16.5. The Morgan fingerprint density at radius 1 is 1.44 bits per heavy atom. The Hall–Kier alpha value is -1.53. The van der Waals surface area contributed by atoms with Crippen LogP contribution in [0, 0.1) is 11.3 Å². The van der Waals surface area contributed by atoms with E-state index in [1.54, 1.807) is 0 Å². The van der Waals surface area contributed by atoms with Crippen LogP contribution in [0.15, 0.2) is 24.3 Å². The smallest absolute Gasteiger partial charge is 0.130 e. The first-order chi connectivity index (χ1) is 7.80. The van der Waals surface area contributed by atoms with Crippen LogP contribution >= 0.6 is 0 Å². The highest BCUT2D eigenvalue weighted by Crippen LogP contribution is 2.13. The molecule has 1 unspecified atom stereocenters. The van der Waals surface area contributed by atoms with Gasteiger partial charge in [0.05, 0.1) is 6.07 Å². The maximum Gasteiger partial charge on any atom is 0.130 e. The average molecular weight is 218 g/mol. The van der Waals surface area contributed by atoms with Gasteiger partial charge < -0.3 is 4.74 Å². The molecule has 16 heavy (non-hydrogen) atoms. The largest absolute Gasteiger partial charge is 0.491 e. The summed E-state index contributed by atoms with van der Waals surface area (Å²) in [5, 5.41) is 11.9. The number of nitriles is 1. The van der Waals surface area contributed by atoms with Crippen LogP contribution in [0.4, 0.5) is 0 Å². The molecule has 0 heterocycles.